The molecule has 0 saturated heterocycles. The summed E-state index contributed by atoms with van der Waals surface area (Å²) >= 11 is 0. The van der Waals surface area contributed by atoms with Crippen LogP contribution in [-0.4, -0.2) is 42.9 Å². The van der Waals surface area contributed by atoms with Crippen molar-refractivity contribution in [1.29, 1.82) is 0 Å². The highest BCUT2D eigenvalue weighted by atomic mass is 16.2. The summed E-state index contributed by atoms with van der Waals surface area (Å²) in [6.45, 7) is 14.3. The van der Waals surface area contributed by atoms with Gasteiger partial charge in [-0.2, -0.15) is 0 Å². The van der Waals surface area contributed by atoms with Crippen LogP contribution in [0.2, 0.25) is 0 Å². The zero-order valence-electron chi connectivity index (χ0n) is 17.7. The highest BCUT2D eigenvalue weighted by molar-refractivity contribution is 5.91. The van der Waals surface area contributed by atoms with E-state index in [2.05, 4.69) is 43.2 Å². The highest BCUT2D eigenvalue weighted by Gasteiger charge is 2.13. The molecule has 1 atom stereocenters. The Labute approximate surface area is 164 Å². The minimum absolute atomic E-state index is 0.0164. The van der Waals surface area contributed by atoms with E-state index in [0.717, 1.165) is 31.7 Å². The maximum absolute atomic E-state index is 12.2. The number of hydrogen-bond acceptors (Lipinski definition) is 3. The van der Waals surface area contributed by atoms with E-state index in [4.69, 9.17) is 0 Å². The predicted octanol–water partition coefficient (Wildman–Crippen LogP) is 4.01. The third-order valence-corrected chi connectivity index (χ3v) is 4.80. The van der Waals surface area contributed by atoms with E-state index in [-0.39, 0.29) is 17.7 Å². The molecular formula is C22H37N3O2. The van der Waals surface area contributed by atoms with Crippen LogP contribution >= 0.6 is 0 Å². The van der Waals surface area contributed by atoms with Crippen molar-refractivity contribution in [2.24, 2.45) is 5.92 Å². The number of carbonyl (C=O) groups excluding carboxylic acids is 2. The summed E-state index contributed by atoms with van der Waals surface area (Å²) in [5.74, 6) is 0.466. The van der Waals surface area contributed by atoms with Crippen LogP contribution in [0.1, 0.15) is 65.4 Å². The minimum atomic E-state index is -0.0471. The van der Waals surface area contributed by atoms with Crippen LogP contribution in [0.4, 0.5) is 5.69 Å². The topological polar surface area (TPSA) is 61.4 Å². The largest absolute Gasteiger partial charge is 0.356 e. The van der Waals surface area contributed by atoms with E-state index in [0.29, 0.717) is 25.3 Å². The molecule has 1 rings (SSSR count). The van der Waals surface area contributed by atoms with Crippen molar-refractivity contribution in [2.45, 2.75) is 59.8 Å². The van der Waals surface area contributed by atoms with Gasteiger partial charge in [0.05, 0.1) is 0 Å². The van der Waals surface area contributed by atoms with Crippen molar-refractivity contribution in [3.05, 3.63) is 29.8 Å². The second kappa shape index (κ2) is 12.5. The third-order valence-electron chi connectivity index (χ3n) is 4.80. The molecule has 2 amide bonds. The van der Waals surface area contributed by atoms with Gasteiger partial charge in [-0.1, -0.05) is 46.8 Å². The van der Waals surface area contributed by atoms with Crippen molar-refractivity contribution in [3.63, 3.8) is 0 Å². The molecule has 0 aliphatic carbocycles. The van der Waals surface area contributed by atoms with Crippen LogP contribution in [-0.2, 0) is 9.59 Å². The second-order valence-electron chi connectivity index (χ2n) is 7.57. The average molecular weight is 376 g/mol. The Morgan fingerprint density at radius 3 is 2.11 bits per heavy atom. The Kier molecular flexibility index (Phi) is 10.7. The van der Waals surface area contributed by atoms with Gasteiger partial charge in [0, 0.05) is 25.1 Å². The van der Waals surface area contributed by atoms with Gasteiger partial charge in [0.1, 0.15) is 0 Å². The van der Waals surface area contributed by atoms with Crippen LogP contribution in [0.25, 0.3) is 0 Å². The van der Waals surface area contributed by atoms with Gasteiger partial charge >= 0.3 is 0 Å². The number of benzene rings is 1. The molecule has 0 aromatic heterocycles. The maximum atomic E-state index is 12.2. The van der Waals surface area contributed by atoms with E-state index in [1.54, 1.807) is 0 Å². The van der Waals surface area contributed by atoms with Crippen LogP contribution in [0.3, 0.4) is 0 Å². The summed E-state index contributed by atoms with van der Waals surface area (Å²) in [5.41, 5.74) is 2.05. The first-order valence-corrected chi connectivity index (χ1v) is 10.2. The number of nitrogens with one attached hydrogen (secondary N) is 2. The minimum Gasteiger partial charge on any atom is -0.356 e. The molecule has 0 saturated carbocycles. The zero-order valence-corrected chi connectivity index (χ0v) is 17.7. The predicted molar refractivity (Wildman–Crippen MR) is 113 cm³/mol. The third kappa shape index (κ3) is 9.57. The number of nitrogens with zero attached hydrogens (tertiary/aromatic N) is 1. The molecule has 0 heterocycles. The SMILES string of the molecule is CCN(CC)CCCNC(=O)C[C@@H](C)CC(=O)Nc1ccc(C(C)C)cc1. The van der Waals surface area contributed by atoms with Gasteiger partial charge < -0.3 is 15.5 Å². The van der Waals surface area contributed by atoms with Crippen LogP contribution < -0.4 is 10.6 Å². The van der Waals surface area contributed by atoms with Gasteiger partial charge in [-0.3, -0.25) is 9.59 Å². The van der Waals surface area contributed by atoms with Crippen LogP contribution in [0.5, 0.6) is 0 Å². The van der Waals surface area contributed by atoms with Crippen molar-refractivity contribution in [1.82, 2.24) is 10.2 Å². The average Bonchev–Trinajstić information content (AvgIpc) is 2.62. The van der Waals surface area contributed by atoms with E-state index in [1.165, 1.54) is 5.56 Å². The second-order valence-corrected chi connectivity index (χ2v) is 7.57. The molecule has 2 N–H and O–H groups in total. The first kappa shape index (κ1) is 23.2. The van der Waals surface area contributed by atoms with E-state index in [1.807, 2.05) is 31.2 Å². The number of amides is 2. The standard InChI is InChI=1S/C22H37N3O2/c1-6-25(7-2)14-8-13-23-21(26)15-18(5)16-22(27)24-20-11-9-19(10-12-20)17(3)4/h9-12,17-18H,6-8,13-16H2,1-5H3,(H,23,26)(H,24,27)/t18-/m1/s1. The Balaban J connectivity index is 2.27. The Morgan fingerprint density at radius 1 is 0.963 bits per heavy atom. The number of carbonyl (C=O) groups is 2. The van der Waals surface area contributed by atoms with Crippen molar-refractivity contribution >= 4 is 17.5 Å². The molecule has 0 radical (unpaired) electrons. The lowest BCUT2D eigenvalue weighted by molar-refractivity contribution is -0.122. The smallest absolute Gasteiger partial charge is 0.224 e. The quantitative estimate of drug-likeness (QED) is 0.543. The maximum Gasteiger partial charge on any atom is 0.224 e. The first-order valence-electron chi connectivity index (χ1n) is 10.2. The van der Waals surface area contributed by atoms with Gasteiger partial charge in [0.25, 0.3) is 0 Å². The monoisotopic (exact) mass is 375 g/mol. The summed E-state index contributed by atoms with van der Waals surface area (Å²) in [6, 6.07) is 7.94. The fourth-order valence-corrected chi connectivity index (χ4v) is 3.01. The molecule has 5 heteroatoms. The van der Waals surface area contributed by atoms with E-state index >= 15 is 0 Å². The van der Waals surface area contributed by atoms with Crippen LogP contribution in [0.15, 0.2) is 24.3 Å². The summed E-state index contributed by atoms with van der Waals surface area (Å²) in [6.07, 6.45) is 1.68. The van der Waals surface area contributed by atoms with E-state index in [9.17, 15) is 9.59 Å². The molecule has 0 aliphatic rings. The lowest BCUT2D eigenvalue weighted by Gasteiger charge is -2.18. The van der Waals surface area contributed by atoms with Gasteiger partial charge in [0.2, 0.25) is 11.8 Å². The molecule has 152 valence electrons. The van der Waals surface area contributed by atoms with E-state index < -0.39 is 0 Å². The molecule has 1 aromatic carbocycles. The van der Waals surface area contributed by atoms with Crippen LogP contribution in [0, 0.1) is 5.92 Å². The lowest BCUT2D eigenvalue weighted by Crippen LogP contribution is -2.31. The molecule has 27 heavy (non-hydrogen) atoms. The summed E-state index contributed by atoms with van der Waals surface area (Å²) in [4.78, 5) is 26.5. The number of hydrogen-bond donors (Lipinski definition) is 2. The Bertz CT molecular complexity index is 565. The summed E-state index contributed by atoms with van der Waals surface area (Å²) in [7, 11) is 0. The molecule has 0 unspecified atom stereocenters. The number of anilines is 1. The molecule has 0 aliphatic heterocycles. The Morgan fingerprint density at radius 2 is 1.56 bits per heavy atom. The molecule has 1 aromatic rings. The van der Waals surface area contributed by atoms with Gasteiger partial charge in [-0.15, -0.1) is 0 Å². The molecular weight excluding hydrogens is 338 g/mol. The fraction of sp³-hybridized carbons (Fsp3) is 0.636. The molecule has 5 nitrogen and oxygen atoms in total. The molecule has 0 bridgehead atoms. The van der Waals surface area contributed by atoms with Crippen molar-refractivity contribution in [2.75, 3.05) is 31.5 Å². The fourth-order valence-electron chi connectivity index (χ4n) is 3.01. The first-order chi connectivity index (χ1) is 12.8. The van der Waals surface area contributed by atoms with Gasteiger partial charge in [-0.25, -0.2) is 0 Å². The molecule has 0 spiro atoms. The summed E-state index contributed by atoms with van der Waals surface area (Å²) in [5, 5.41) is 5.87. The number of rotatable bonds is 12. The normalized spacial score (nSPS) is 12.3. The molecule has 0 fully saturated rings. The highest BCUT2D eigenvalue weighted by Crippen LogP contribution is 2.18. The lowest BCUT2D eigenvalue weighted by atomic mass is 10.0. The van der Waals surface area contributed by atoms with Gasteiger partial charge in [-0.05, 0) is 55.6 Å². The zero-order chi connectivity index (χ0) is 20.2. The summed E-state index contributed by atoms with van der Waals surface area (Å²) < 4.78 is 0. The van der Waals surface area contributed by atoms with Gasteiger partial charge in [0.15, 0.2) is 0 Å². The van der Waals surface area contributed by atoms with Crippen molar-refractivity contribution in [3.8, 4) is 0 Å². The van der Waals surface area contributed by atoms with Crippen molar-refractivity contribution < 1.29 is 9.59 Å². The Hall–Kier alpha value is -1.88.